The standard InChI is InChI=1S/C21H36O4/c1-3-4-7-10-18(22)14-13-17-15-16(2)21(25)19(17)11-8-5-6-9-12-20(23)24/h13-14,16-19,22H,3-12,15H2,1-2H3,(H,23,24). The van der Waals surface area contributed by atoms with Gasteiger partial charge in [0.05, 0.1) is 6.10 Å². The van der Waals surface area contributed by atoms with Crippen LogP contribution in [0.1, 0.15) is 84.5 Å². The summed E-state index contributed by atoms with van der Waals surface area (Å²) < 4.78 is 0. The molecule has 4 heteroatoms. The molecule has 1 rings (SSSR count). The average molecular weight is 353 g/mol. The molecule has 1 fully saturated rings. The zero-order valence-corrected chi connectivity index (χ0v) is 16.0. The number of ketones is 1. The maximum absolute atomic E-state index is 12.4. The first kappa shape index (κ1) is 21.9. The van der Waals surface area contributed by atoms with E-state index in [-0.39, 0.29) is 24.2 Å². The molecule has 1 aliphatic carbocycles. The second-order valence-electron chi connectivity index (χ2n) is 7.60. The van der Waals surface area contributed by atoms with Crippen molar-refractivity contribution in [3.05, 3.63) is 12.2 Å². The number of hydrogen-bond donors (Lipinski definition) is 2. The van der Waals surface area contributed by atoms with Crippen molar-refractivity contribution in [2.24, 2.45) is 17.8 Å². The minimum Gasteiger partial charge on any atom is -0.481 e. The highest BCUT2D eigenvalue weighted by atomic mass is 16.4. The molecule has 1 saturated carbocycles. The van der Waals surface area contributed by atoms with Crippen LogP contribution >= 0.6 is 0 Å². The van der Waals surface area contributed by atoms with Gasteiger partial charge in [-0.3, -0.25) is 9.59 Å². The number of hydrogen-bond acceptors (Lipinski definition) is 3. The van der Waals surface area contributed by atoms with Crippen LogP contribution in [-0.2, 0) is 9.59 Å². The third-order valence-electron chi connectivity index (χ3n) is 5.33. The molecule has 0 bridgehead atoms. The van der Waals surface area contributed by atoms with Crippen molar-refractivity contribution in [2.75, 3.05) is 0 Å². The van der Waals surface area contributed by atoms with Crippen LogP contribution in [0, 0.1) is 17.8 Å². The quantitative estimate of drug-likeness (QED) is 0.370. The predicted molar refractivity (Wildman–Crippen MR) is 100 cm³/mol. The van der Waals surface area contributed by atoms with Gasteiger partial charge in [0.2, 0.25) is 0 Å². The summed E-state index contributed by atoms with van der Waals surface area (Å²) in [4.78, 5) is 22.9. The number of aliphatic carboxylic acids is 1. The van der Waals surface area contributed by atoms with E-state index in [0.29, 0.717) is 5.78 Å². The molecule has 4 nitrogen and oxygen atoms in total. The minimum atomic E-state index is -0.734. The molecule has 0 heterocycles. The summed E-state index contributed by atoms with van der Waals surface area (Å²) in [6.45, 7) is 4.16. The van der Waals surface area contributed by atoms with E-state index < -0.39 is 12.1 Å². The Bertz CT molecular complexity index is 430. The van der Waals surface area contributed by atoms with Gasteiger partial charge in [-0.1, -0.05) is 64.5 Å². The number of rotatable bonds is 13. The number of carbonyl (C=O) groups excluding carboxylic acids is 1. The van der Waals surface area contributed by atoms with Crippen molar-refractivity contribution in [3.63, 3.8) is 0 Å². The van der Waals surface area contributed by atoms with Crippen LogP contribution in [0.4, 0.5) is 0 Å². The molecular formula is C21H36O4. The van der Waals surface area contributed by atoms with Crippen molar-refractivity contribution in [3.8, 4) is 0 Å². The molecule has 0 amide bonds. The van der Waals surface area contributed by atoms with Crippen molar-refractivity contribution in [1.82, 2.24) is 0 Å². The average Bonchev–Trinajstić information content (AvgIpc) is 2.83. The fraction of sp³-hybridized carbons (Fsp3) is 0.810. The summed E-state index contributed by atoms with van der Waals surface area (Å²) in [5, 5.41) is 18.7. The number of aliphatic hydroxyl groups excluding tert-OH is 1. The molecule has 25 heavy (non-hydrogen) atoms. The highest BCUT2D eigenvalue weighted by molar-refractivity contribution is 5.85. The van der Waals surface area contributed by atoms with Crippen LogP contribution in [0.15, 0.2) is 12.2 Å². The molecule has 0 aromatic rings. The van der Waals surface area contributed by atoms with Crippen LogP contribution in [0.25, 0.3) is 0 Å². The lowest BCUT2D eigenvalue weighted by Crippen LogP contribution is -2.16. The van der Waals surface area contributed by atoms with Gasteiger partial charge in [-0.15, -0.1) is 0 Å². The molecular weight excluding hydrogens is 316 g/mol. The summed E-state index contributed by atoms with van der Waals surface area (Å²) in [6.07, 6.45) is 13.3. The fourth-order valence-corrected chi connectivity index (χ4v) is 3.80. The molecule has 0 spiro atoms. The highest BCUT2D eigenvalue weighted by Gasteiger charge is 2.37. The third kappa shape index (κ3) is 8.66. The molecule has 4 atom stereocenters. The first-order chi connectivity index (χ1) is 12.0. The number of carboxylic acid groups (broad SMARTS) is 1. The second-order valence-corrected chi connectivity index (χ2v) is 7.60. The molecule has 144 valence electrons. The number of carbonyl (C=O) groups is 2. The van der Waals surface area contributed by atoms with Gasteiger partial charge in [0.15, 0.2) is 0 Å². The van der Waals surface area contributed by atoms with Crippen LogP contribution in [-0.4, -0.2) is 28.1 Å². The number of carboxylic acids is 1. The van der Waals surface area contributed by atoms with Crippen LogP contribution in [0.2, 0.25) is 0 Å². The third-order valence-corrected chi connectivity index (χ3v) is 5.33. The summed E-state index contributed by atoms with van der Waals surface area (Å²) >= 11 is 0. The van der Waals surface area contributed by atoms with E-state index in [0.717, 1.165) is 64.2 Å². The largest absolute Gasteiger partial charge is 0.481 e. The molecule has 2 N–H and O–H groups in total. The molecule has 1 aliphatic rings. The van der Waals surface area contributed by atoms with Gasteiger partial charge in [-0.05, 0) is 31.6 Å². The number of Topliss-reactive ketones (excluding diaryl/α,β-unsaturated/α-hetero) is 1. The zero-order valence-electron chi connectivity index (χ0n) is 16.0. The topological polar surface area (TPSA) is 74.6 Å². The minimum absolute atomic E-state index is 0.0774. The van der Waals surface area contributed by atoms with E-state index in [1.165, 1.54) is 0 Å². The van der Waals surface area contributed by atoms with Gasteiger partial charge in [0.25, 0.3) is 0 Å². The molecule has 0 aliphatic heterocycles. The fourth-order valence-electron chi connectivity index (χ4n) is 3.80. The highest BCUT2D eigenvalue weighted by Crippen LogP contribution is 2.37. The lowest BCUT2D eigenvalue weighted by molar-refractivity contribution is -0.137. The Morgan fingerprint density at radius 1 is 1.20 bits per heavy atom. The summed E-state index contributed by atoms with van der Waals surface area (Å²) in [5.74, 6) is 0.0722. The maximum Gasteiger partial charge on any atom is 0.303 e. The molecule has 0 radical (unpaired) electrons. The van der Waals surface area contributed by atoms with E-state index in [1.54, 1.807) is 0 Å². The smallest absolute Gasteiger partial charge is 0.303 e. The van der Waals surface area contributed by atoms with Gasteiger partial charge in [-0.25, -0.2) is 0 Å². The molecule has 0 aromatic carbocycles. The molecule has 0 aromatic heterocycles. The summed E-state index contributed by atoms with van der Waals surface area (Å²) in [7, 11) is 0. The Morgan fingerprint density at radius 2 is 1.92 bits per heavy atom. The van der Waals surface area contributed by atoms with Gasteiger partial charge in [0, 0.05) is 18.3 Å². The first-order valence-corrected chi connectivity index (χ1v) is 10.1. The Hall–Kier alpha value is -1.16. The van der Waals surface area contributed by atoms with E-state index in [4.69, 9.17) is 5.11 Å². The Labute approximate surface area is 152 Å². The van der Waals surface area contributed by atoms with E-state index >= 15 is 0 Å². The number of allylic oxidation sites excluding steroid dienone is 1. The maximum atomic E-state index is 12.4. The zero-order chi connectivity index (χ0) is 18.7. The Balaban J connectivity index is 2.38. The monoisotopic (exact) mass is 352 g/mol. The van der Waals surface area contributed by atoms with Gasteiger partial charge in [-0.2, -0.15) is 0 Å². The summed E-state index contributed by atoms with van der Waals surface area (Å²) in [5.41, 5.74) is 0. The van der Waals surface area contributed by atoms with Crippen LogP contribution < -0.4 is 0 Å². The second kappa shape index (κ2) is 12.2. The normalized spacial score (nSPS) is 24.9. The van der Waals surface area contributed by atoms with Gasteiger partial charge in [0.1, 0.15) is 5.78 Å². The first-order valence-electron chi connectivity index (χ1n) is 10.1. The molecule has 0 saturated heterocycles. The predicted octanol–water partition coefficient (Wildman–Crippen LogP) is 4.75. The van der Waals surface area contributed by atoms with Crippen molar-refractivity contribution >= 4 is 11.8 Å². The van der Waals surface area contributed by atoms with E-state index in [9.17, 15) is 14.7 Å². The number of aliphatic hydroxyl groups is 1. The lowest BCUT2D eigenvalue weighted by atomic mass is 9.89. The van der Waals surface area contributed by atoms with Crippen molar-refractivity contribution < 1.29 is 19.8 Å². The summed E-state index contributed by atoms with van der Waals surface area (Å²) in [6, 6.07) is 0. The Morgan fingerprint density at radius 3 is 2.60 bits per heavy atom. The SMILES string of the molecule is CCCCCC(O)C=CC1CC(C)C(=O)C1CCCCCCC(=O)O. The van der Waals surface area contributed by atoms with Crippen LogP contribution in [0.3, 0.4) is 0 Å². The Kier molecular flexibility index (Phi) is 10.7. The van der Waals surface area contributed by atoms with E-state index in [2.05, 4.69) is 13.0 Å². The van der Waals surface area contributed by atoms with Gasteiger partial charge < -0.3 is 10.2 Å². The van der Waals surface area contributed by atoms with Gasteiger partial charge >= 0.3 is 5.97 Å². The number of unbranched alkanes of at least 4 members (excludes halogenated alkanes) is 5. The van der Waals surface area contributed by atoms with Crippen molar-refractivity contribution in [2.45, 2.75) is 90.6 Å². The van der Waals surface area contributed by atoms with E-state index in [1.807, 2.05) is 13.0 Å². The van der Waals surface area contributed by atoms with Crippen LogP contribution in [0.5, 0.6) is 0 Å². The lowest BCUT2D eigenvalue weighted by Gasteiger charge is -2.15. The molecule has 4 unspecified atom stereocenters. The van der Waals surface area contributed by atoms with Crippen molar-refractivity contribution in [1.29, 1.82) is 0 Å².